The number of hydrogen-bond donors (Lipinski definition) is 2. The van der Waals surface area contributed by atoms with Gasteiger partial charge in [0, 0.05) is 26.3 Å². The predicted octanol–water partition coefficient (Wildman–Crippen LogP) is 4.07. The van der Waals surface area contributed by atoms with E-state index >= 15 is 4.39 Å². The van der Waals surface area contributed by atoms with Crippen molar-refractivity contribution in [2.24, 2.45) is 0 Å². The zero-order chi connectivity index (χ0) is 23.4. The molecule has 0 saturated heterocycles. The Morgan fingerprint density at radius 3 is 2.64 bits per heavy atom. The third-order valence-electron chi connectivity index (χ3n) is 4.70. The number of carbonyl (C=O) groups is 2. The van der Waals surface area contributed by atoms with Gasteiger partial charge < -0.3 is 9.47 Å². The number of anilines is 1. The second-order valence-electron chi connectivity index (χ2n) is 6.73. The topological polar surface area (TPSA) is 119 Å². The number of tetrazole rings is 1. The van der Waals surface area contributed by atoms with Crippen LogP contribution in [-0.4, -0.2) is 46.7 Å². The van der Waals surface area contributed by atoms with Crippen molar-refractivity contribution in [2.75, 3.05) is 19.5 Å². The van der Waals surface area contributed by atoms with E-state index in [2.05, 4.69) is 30.7 Å². The van der Waals surface area contributed by atoms with Crippen molar-refractivity contribution in [2.45, 2.75) is 22.6 Å². The normalized spacial score (nSPS) is 10.9. The highest BCUT2D eigenvalue weighted by Crippen LogP contribution is 2.44. The van der Waals surface area contributed by atoms with Crippen molar-refractivity contribution in [1.29, 1.82) is 0 Å². The monoisotopic (exact) mass is 487 g/mol. The number of fused-ring (bicyclic) bond motifs is 1. The molecule has 0 aliphatic rings. The van der Waals surface area contributed by atoms with E-state index in [4.69, 9.17) is 4.74 Å². The second-order valence-corrected chi connectivity index (χ2v) is 8.86. The maximum absolute atomic E-state index is 15.2. The molecule has 2 heterocycles. The lowest BCUT2D eigenvalue weighted by Crippen LogP contribution is -2.12. The van der Waals surface area contributed by atoms with Crippen LogP contribution in [0.2, 0.25) is 0 Å². The van der Waals surface area contributed by atoms with Crippen LogP contribution in [-0.2, 0) is 16.0 Å². The van der Waals surface area contributed by atoms with Gasteiger partial charge in [0.25, 0.3) is 11.9 Å². The fourth-order valence-electron chi connectivity index (χ4n) is 3.07. The molecule has 0 atom stereocenters. The molecule has 0 aliphatic heterocycles. The summed E-state index contributed by atoms with van der Waals surface area (Å²) in [5.41, 5.74) is 0.961. The molecule has 12 heteroatoms. The third kappa shape index (κ3) is 4.96. The van der Waals surface area contributed by atoms with Crippen molar-refractivity contribution >= 4 is 51.0 Å². The number of rotatable bonds is 8. The molecule has 0 bridgehead atoms. The third-order valence-corrected chi connectivity index (χ3v) is 7.10. The van der Waals surface area contributed by atoms with Gasteiger partial charge in [-0.05, 0) is 41.5 Å². The number of aromatic nitrogens is 4. The maximum atomic E-state index is 15.2. The van der Waals surface area contributed by atoms with Crippen molar-refractivity contribution in [3.05, 3.63) is 52.7 Å². The van der Waals surface area contributed by atoms with Crippen LogP contribution in [0.3, 0.4) is 0 Å². The Bertz CT molecular complexity index is 1290. The minimum atomic E-state index is -0.540. The maximum Gasteiger partial charge on any atom is 0.305 e. The summed E-state index contributed by atoms with van der Waals surface area (Å²) >= 11 is 2.42. The number of halogens is 1. The fourth-order valence-corrected chi connectivity index (χ4v) is 5.37. The van der Waals surface area contributed by atoms with Gasteiger partial charge in [-0.15, -0.1) is 16.4 Å². The molecule has 0 fully saturated rings. The quantitative estimate of drug-likeness (QED) is 0.357. The predicted molar refractivity (Wildman–Crippen MR) is 121 cm³/mol. The van der Waals surface area contributed by atoms with E-state index in [0.29, 0.717) is 26.3 Å². The number of amides is 1. The number of hydrogen-bond acceptors (Lipinski definition) is 9. The molecular formula is C21H18FN5O4S2. The highest BCUT2D eigenvalue weighted by atomic mass is 32.2. The summed E-state index contributed by atoms with van der Waals surface area (Å²) in [6, 6.07) is 10.7. The van der Waals surface area contributed by atoms with Gasteiger partial charge in [-0.25, -0.2) is 4.39 Å². The van der Waals surface area contributed by atoms with Crippen LogP contribution >= 0.6 is 23.1 Å². The molecule has 0 spiro atoms. The van der Waals surface area contributed by atoms with Gasteiger partial charge in [0.2, 0.25) is 0 Å². The Labute approximate surface area is 195 Å². The lowest BCUT2D eigenvalue weighted by molar-refractivity contribution is -0.140. The molecule has 4 rings (SSSR count). The Balaban J connectivity index is 1.68. The van der Waals surface area contributed by atoms with Crippen LogP contribution in [0.15, 0.2) is 46.2 Å². The lowest BCUT2D eigenvalue weighted by atomic mass is 10.1. The summed E-state index contributed by atoms with van der Waals surface area (Å²) in [4.78, 5) is 25.9. The molecule has 2 aromatic carbocycles. The van der Waals surface area contributed by atoms with E-state index in [9.17, 15) is 9.59 Å². The lowest BCUT2D eigenvalue weighted by Gasteiger charge is -2.08. The average molecular weight is 488 g/mol. The zero-order valence-electron chi connectivity index (χ0n) is 17.5. The van der Waals surface area contributed by atoms with E-state index in [1.807, 2.05) is 24.3 Å². The number of methoxy groups -OCH3 is 2. The van der Waals surface area contributed by atoms with E-state index in [1.54, 1.807) is 6.07 Å². The molecule has 0 unspecified atom stereocenters. The van der Waals surface area contributed by atoms with Gasteiger partial charge in [0.05, 0.1) is 14.2 Å². The highest BCUT2D eigenvalue weighted by molar-refractivity contribution is 7.99. The fraction of sp³-hybridized carbons (Fsp3) is 0.190. The molecule has 0 saturated carbocycles. The van der Waals surface area contributed by atoms with Crippen LogP contribution in [0, 0.1) is 5.82 Å². The number of nitrogens with one attached hydrogen (secondary N) is 2. The second kappa shape index (κ2) is 9.96. The molecule has 0 radical (unpaired) electrons. The van der Waals surface area contributed by atoms with Gasteiger partial charge in [0.1, 0.15) is 4.88 Å². The van der Waals surface area contributed by atoms with Crippen molar-refractivity contribution in [1.82, 2.24) is 20.6 Å². The Morgan fingerprint density at radius 2 is 1.97 bits per heavy atom. The van der Waals surface area contributed by atoms with Crippen LogP contribution in [0.4, 0.5) is 10.3 Å². The van der Waals surface area contributed by atoms with E-state index in [-0.39, 0.29) is 24.1 Å². The minimum absolute atomic E-state index is 0.0152. The first-order valence-corrected chi connectivity index (χ1v) is 11.3. The van der Waals surface area contributed by atoms with Gasteiger partial charge in [-0.2, -0.15) is 5.21 Å². The number of nitrogens with zero attached hydrogens (tertiary/aromatic N) is 3. The van der Waals surface area contributed by atoms with E-state index in [1.165, 1.54) is 32.0 Å². The molecule has 170 valence electrons. The standard InChI is InChI=1S/C21H18FN5O4S2/c1-30-13-8-9-14-16(17(13)22)18(19(33-14)20(29)23-21-24-26-27-25-21)32-12-6-3-11(4-7-12)5-10-15(28)31-2/h3-4,6-9H,5,10H2,1-2H3,(H2,23,24,25,26,27,29). The van der Waals surface area contributed by atoms with Gasteiger partial charge in [-0.3, -0.25) is 14.9 Å². The number of thiophene rings is 1. The van der Waals surface area contributed by atoms with Gasteiger partial charge in [-0.1, -0.05) is 29.0 Å². The van der Waals surface area contributed by atoms with Crippen molar-refractivity contribution in [3.63, 3.8) is 0 Å². The molecular weight excluding hydrogens is 469 g/mol. The van der Waals surface area contributed by atoms with Crippen LogP contribution in [0.25, 0.3) is 10.1 Å². The molecule has 0 aliphatic carbocycles. The molecule has 4 aromatic rings. The Kier molecular flexibility index (Phi) is 6.84. The number of carbonyl (C=O) groups excluding carboxylic acids is 2. The molecule has 9 nitrogen and oxygen atoms in total. The SMILES string of the molecule is COC(=O)CCc1ccc(Sc2c(C(=O)Nc3nn[nH]n3)sc3ccc(OC)c(F)c23)cc1. The van der Waals surface area contributed by atoms with E-state index < -0.39 is 11.7 Å². The Morgan fingerprint density at radius 1 is 1.18 bits per heavy atom. The number of aromatic amines is 1. The summed E-state index contributed by atoms with van der Waals surface area (Å²) in [6.45, 7) is 0. The van der Waals surface area contributed by atoms with Gasteiger partial charge in [0.15, 0.2) is 11.6 Å². The minimum Gasteiger partial charge on any atom is -0.494 e. The summed E-state index contributed by atoms with van der Waals surface area (Å²) < 4.78 is 25.6. The smallest absolute Gasteiger partial charge is 0.305 e. The number of benzene rings is 2. The summed E-state index contributed by atoms with van der Waals surface area (Å²) in [6.07, 6.45) is 0.826. The first kappa shape index (κ1) is 22.7. The molecule has 2 N–H and O–H groups in total. The van der Waals surface area contributed by atoms with Crippen LogP contribution in [0.1, 0.15) is 21.7 Å². The Hall–Kier alpha value is -3.51. The first-order valence-electron chi connectivity index (χ1n) is 9.67. The summed E-state index contributed by atoms with van der Waals surface area (Å²) in [5, 5.41) is 16.0. The molecule has 2 aromatic heterocycles. The van der Waals surface area contributed by atoms with Crippen molar-refractivity contribution in [3.8, 4) is 5.75 Å². The summed E-state index contributed by atoms with van der Waals surface area (Å²) in [7, 11) is 2.74. The van der Waals surface area contributed by atoms with Crippen molar-refractivity contribution < 1.29 is 23.5 Å². The summed E-state index contributed by atoms with van der Waals surface area (Å²) in [5.74, 6) is -1.19. The number of aryl methyl sites for hydroxylation is 1. The van der Waals surface area contributed by atoms with Gasteiger partial charge >= 0.3 is 5.97 Å². The largest absolute Gasteiger partial charge is 0.494 e. The van der Waals surface area contributed by atoms with Crippen LogP contribution < -0.4 is 10.1 Å². The number of esters is 1. The van der Waals surface area contributed by atoms with E-state index in [0.717, 1.165) is 21.8 Å². The molecule has 1 amide bonds. The first-order chi connectivity index (χ1) is 16.0. The highest BCUT2D eigenvalue weighted by Gasteiger charge is 2.24. The van der Waals surface area contributed by atoms with Crippen LogP contribution in [0.5, 0.6) is 5.75 Å². The number of ether oxygens (including phenoxy) is 2. The zero-order valence-corrected chi connectivity index (χ0v) is 19.2. The average Bonchev–Trinajstić information content (AvgIpc) is 3.47. The molecule has 33 heavy (non-hydrogen) atoms. The number of H-pyrrole nitrogens is 1.